The van der Waals surface area contributed by atoms with Gasteiger partial charge in [0.1, 0.15) is 5.82 Å². The van der Waals surface area contributed by atoms with Crippen molar-refractivity contribution < 1.29 is 4.79 Å². The number of carbonyl (C=O) groups is 1. The molecule has 1 aromatic rings. The van der Waals surface area contributed by atoms with Crippen LogP contribution in [0.1, 0.15) is 49.4 Å². The highest BCUT2D eigenvalue weighted by atomic mass is 16.1. The van der Waals surface area contributed by atoms with E-state index in [1.807, 2.05) is 20.8 Å². The number of nitrogens with zero attached hydrogens (tertiary/aromatic N) is 2. The van der Waals surface area contributed by atoms with E-state index in [0.717, 1.165) is 13.0 Å². The molecule has 88 valence electrons. The van der Waals surface area contributed by atoms with Crippen LogP contribution in [0.3, 0.4) is 0 Å². The highest BCUT2D eigenvalue weighted by Crippen LogP contribution is 2.15. The third-order valence-corrected chi connectivity index (χ3v) is 2.12. The molecule has 0 atom stereocenters. The zero-order chi connectivity index (χ0) is 12.1. The fraction of sp³-hybridized carbons (Fsp3) is 0.545. The van der Waals surface area contributed by atoms with Gasteiger partial charge in [-0.15, -0.1) is 0 Å². The van der Waals surface area contributed by atoms with Gasteiger partial charge in [-0.05, 0) is 6.42 Å². The average molecular weight is 222 g/mol. The van der Waals surface area contributed by atoms with Crippen LogP contribution in [0.2, 0.25) is 0 Å². The van der Waals surface area contributed by atoms with Gasteiger partial charge in [0.15, 0.2) is 5.69 Å². The van der Waals surface area contributed by atoms with E-state index in [4.69, 9.17) is 5.73 Å². The minimum Gasteiger partial charge on any atom is -0.382 e. The number of rotatable bonds is 5. The van der Waals surface area contributed by atoms with Gasteiger partial charge in [0.2, 0.25) is 0 Å². The SMILES string of the molecule is CCCNc1cnc(C(C)C)nc1C(N)=O. The minimum atomic E-state index is -0.525. The normalized spacial score (nSPS) is 10.5. The lowest BCUT2D eigenvalue weighted by Gasteiger charge is -2.10. The molecule has 0 unspecified atom stereocenters. The molecule has 1 heterocycles. The number of anilines is 1. The number of amides is 1. The lowest BCUT2D eigenvalue weighted by atomic mass is 10.2. The first kappa shape index (κ1) is 12.4. The number of hydrogen-bond acceptors (Lipinski definition) is 4. The third kappa shape index (κ3) is 2.92. The number of primary amides is 1. The quantitative estimate of drug-likeness (QED) is 0.791. The molecule has 0 saturated carbocycles. The molecule has 0 radical (unpaired) electrons. The zero-order valence-corrected chi connectivity index (χ0v) is 9.95. The van der Waals surface area contributed by atoms with Crippen molar-refractivity contribution in [3.05, 3.63) is 17.7 Å². The molecule has 0 bridgehead atoms. The van der Waals surface area contributed by atoms with Crippen LogP contribution < -0.4 is 11.1 Å². The fourth-order valence-electron chi connectivity index (χ4n) is 1.25. The van der Waals surface area contributed by atoms with E-state index in [2.05, 4.69) is 15.3 Å². The smallest absolute Gasteiger partial charge is 0.269 e. The van der Waals surface area contributed by atoms with Gasteiger partial charge in [0.05, 0.1) is 11.9 Å². The Bertz CT molecular complexity index is 376. The van der Waals surface area contributed by atoms with Gasteiger partial charge in [-0.1, -0.05) is 20.8 Å². The predicted octanol–water partition coefficient (Wildman–Crippen LogP) is 1.52. The lowest BCUT2D eigenvalue weighted by Crippen LogP contribution is -2.18. The van der Waals surface area contributed by atoms with Crippen LogP contribution in [0.5, 0.6) is 0 Å². The molecule has 1 rings (SSSR count). The second-order valence-electron chi connectivity index (χ2n) is 3.94. The second-order valence-corrected chi connectivity index (χ2v) is 3.94. The maximum absolute atomic E-state index is 11.3. The summed E-state index contributed by atoms with van der Waals surface area (Å²) in [6.07, 6.45) is 2.59. The monoisotopic (exact) mass is 222 g/mol. The zero-order valence-electron chi connectivity index (χ0n) is 9.95. The van der Waals surface area contributed by atoms with Crippen molar-refractivity contribution in [2.75, 3.05) is 11.9 Å². The van der Waals surface area contributed by atoms with Crippen molar-refractivity contribution >= 4 is 11.6 Å². The largest absolute Gasteiger partial charge is 0.382 e. The van der Waals surface area contributed by atoms with Gasteiger partial charge in [0, 0.05) is 12.5 Å². The molecule has 16 heavy (non-hydrogen) atoms. The minimum absolute atomic E-state index is 0.179. The van der Waals surface area contributed by atoms with E-state index in [0.29, 0.717) is 11.5 Å². The van der Waals surface area contributed by atoms with Crippen LogP contribution in [0.4, 0.5) is 5.69 Å². The molecule has 0 aliphatic heterocycles. The van der Waals surface area contributed by atoms with Gasteiger partial charge in [-0.2, -0.15) is 0 Å². The van der Waals surface area contributed by atoms with E-state index in [9.17, 15) is 4.79 Å². The number of nitrogens with one attached hydrogen (secondary N) is 1. The van der Waals surface area contributed by atoms with Gasteiger partial charge >= 0.3 is 0 Å². The molecular formula is C11H18N4O. The van der Waals surface area contributed by atoms with E-state index in [1.165, 1.54) is 0 Å². The Morgan fingerprint density at radius 2 is 2.25 bits per heavy atom. The van der Waals surface area contributed by atoms with E-state index in [-0.39, 0.29) is 11.6 Å². The number of carbonyl (C=O) groups excluding carboxylic acids is 1. The fourth-order valence-corrected chi connectivity index (χ4v) is 1.25. The van der Waals surface area contributed by atoms with Crippen LogP contribution in [0.15, 0.2) is 6.20 Å². The average Bonchev–Trinajstić information content (AvgIpc) is 2.25. The first-order valence-corrected chi connectivity index (χ1v) is 5.46. The van der Waals surface area contributed by atoms with E-state index >= 15 is 0 Å². The van der Waals surface area contributed by atoms with Gasteiger partial charge in [-0.3, -0.25) is 4.79 Å². The molecule has 0 spiro atoms. The summed E-state index contributed by atoms with van der Waals surface area (Å²) < 4.78 is 0. The van der Waals surface area contributed by atoms with Gasteiger partial charge in [-0.25, -0.2) is 9.97 Å². The highest BCUT2D eigenvalue weighted by Gasteiger charge is 2.13. The van der Waals surface area contributed by atoms with Crippen LogP contribution >= 0.6 is 0 Å². The molecule has 1 aromatic heterocycles. The summed E-state index contributed by atoms with van der Waals surface area (Å²) in [6, 6.07) is 0. The lowest BCUT2D eigenvalue weighted by molar-refractivity contribution is 0.0996. The summed E-state index contributed by atoms with van der Waals surface area (Å²) in [5, 5.41) is 3.08. The molecule has 5 heteroatoms. The van der Waals surface area contributed by atoms with Crippen molar-refractivity contribution in [3.8, 4) is 0 Å². The highest BCUT2D eigenvalue weighted by molar-refractivity contribution is 5.96. The van der Waals surface area contributed by atoms with Crippen molar-refractivity contribution in [2.24, 2.45) is 5.73 Å². The van der Waals surface area contributed by atoms with Crippen molar-refractivity contribution in [1.29, 1.82) is 0 Å². The van der Waals surface area contributed by atoms with Crippen LogP contribution in [0, 0.1) is 0 Å². The summed E-state index contributed by atoms with van der Waals surface area (Å²) in [5.41, 5.74) is 6.17. The number of nitrogens with two attached hydrogens (primary N) is 1. The first-order chi connectivity index (χ1) is 7.56. The van der Waals surface area contributed by atoms with E-state index in [1.54, 1.807) is 6.20 Å². The predicted molar refractivity (Wildman–Crippen MR) is 63.4 cm³/mol. The molecule has 0 fully saturated rings. The van der Waals surface area contributed by atoms with Gasteiger partial charge in [0.25, 0.3) is 5.91 Å². The Kier molecular flexibility index (Phi) is 4.22. The van der Waals surface area contributed by atoms with Crippen molar-refractivity contribution in [3.63, 3.8) is 0 Å². The first-order valence-electron chi connectivity index (χ1n) is 5.46. The number of aromatic nitrogens is 2. The van der Waals surface area contributed by atoms with Gasteiger partial charge < -0.3 is 11.1 Å². The molecule has 0 aliphatic rings. The molecular weight excluding hydrogens is 204 g/mol. The Labute approximate surface area is 95.5 Å². The standard InChI is InChI=1S/C11H18N4O/c1-4-5-13-8-6-14-11(7(2)3)15-9(8)10(12)16/h6-7,13H,4-5H2,1-3H3,(H2,12,16). The van der Waals surface area contributed by atoms with Crippen LogP contribution in [-0.4, -0.2) is 22.4 Å². The topological polar surface area (TPSA) is 80.9 Å². The van der Waals surface area contributed by atoms with Crippen LogP contribution in [-0.2, 0) is 0 Å². The Morgan fingerprint density at radius 3 is 2.75 bits per heavy atom. The summed E-state index contributed by atoms with van der Waals surface area (Å²) >= 11 is 0. The Balaban J connectivity index is 3.04. The maximum Gasteiger partial charge on any atom is 0.269 e. The second kappa shape index (κ2) is 5.44. The summed E-state index contributed by atoms with van der Waals surface area (Å²) in [7, 11) is 0. The molecule has 0 aliphatic carbocycles. The summed E-state index contributed by atoms with van der Waals surface area (Å²) in [5.74, 6) is 0.289. The molecule has 0 saturated heterocycles. The van der Waals surface area contributed by atoms with E-state index < -0.39 is 5.91 Å². The molecule has 0 aromatic carbocycles. The Hall–Kier alpha value is -1.65. The third-order valence-electron chi connectivity index (χ3n) is 2.12. The molecule has 5 nitrogen and oxygen atoms in total. The molecule has 3 N–H and O–H groups in total. The number of hydrogen-bond donors (Lipinski definition) is 2. The van der Waals surface area contributed by atoms with Crippen molar-refractivity contribution in [2.45, 2.75) is 33.1 Å². The van der Waals surface area contributed by atoms with Crippen LogP contribution in [0.25, 0.3) is 0 Å². The van der Waals surface area contributed by atoms with Crippen molar-refractivity contribution in [1.82, 2.24) is 9.97 Å². The summed E-state index contributed by atoms with van der Waals surface area (Å²) in [6.45, 7) is 6.75. The summed E-state index contributed by atoms with van der Waals surface area (Å²) in [4.78, 5) is 19.6. The molecule has 1 amide bonds. The maximum atomic E-state index is 11.3. The Morgan fingerprint density at radius 1 is 1.56 bits per heavy atom.